The van der Waals surface area contributed by atoms with E-state index in [0.29, 0.717) is 12.1 Å². The molecule has 536 valence electrons. The molecule has 12 amide bonds. The van der Waals surface area contributed by atoms with Crippen molar-refractivity contribution in [2.45, 2.75) is 184 Å². The van der Waals surface area contributed by atoms with Crippen molar-refractivity contribution in [1.82, 2.24) is 72.9 Å². The van der Waals surface area contributed by atoms with Crippen molar-refractivity contribution in [2.75, 3.05) is 45.9 Å². The fourth-order valence-corrected chi connectivity index (χ4v) is 10.1. The number of aliphatic carboxylic acids is 2. The molecule has 1 aromatic heterocycles. The minimum absolute atomic E-state index is 0.0256. The van der Waals surface area contributed by atoms with E-state index < -0.39 is 193 Å². The smallest absolute Gasteiger partial charge is 0.326 e. The number of nitrogens with zero attached hydrogens (tertiary/aromatic N) is 5. The van der Waals surface area contributed by atoms with E-state index in [4.69, 9.17) is 28.7 Å². The number of imidazole rings is 1. The minimum Gasteiger partial charge on any atom is -0.481 e. The number of carbonyl (C=O) groups is 14. The number of aliphatic imine (C=N–C) groups is 2. The number of guanidine groups is 2. The maximum absolute atomic E-state index is 14.3. The van der Waals surface area contributed by atoms with Gasteiger partial charge < -0.3 is 122 Å². The van der Waals surface area contributed by atoms with Gasteiger partial charge in [0.2, 0.25) is 70.9 Å². The summed E-state index contributed by atoms with van der Waals surface area (Å²) in [6.45, 7) is 4.02. The lowest BCUT2D eigenvalue weighted by atomic mass is 10.0. The molecule has 96 heavy (non-hydrogen) atoms. The lowest BCUT2D eigenvalue weighted by Crippen LogP contribution is -2.62. The van der Waals surface area contributed by atoms with Crippen LogP contribution in [-0.2, 0) is 73.5 Å². The summed E-state index contributed by atoms with van der Waals surface area (Å²) in [5, 5.41) is 74.6. The second kappa shape index (κ2) is 39.8. The van der Waals surface area contributed by atoms with Crippen molar-refractivity contribution >= 4 is 94.7 Å². The van der Waals surface area contributed by atoms with Crippen LogP contribution >= 0.6 is 0 Å². The van der Waals surface area contributed by atoms with Gasteiger partial charge in [0.25, 0.3) is 0 Å². The second-order valence-electron chi connectivity index (χ2n) is 23.2. The van der Waals surface area contributed by atoms with Gasteiger partial charge in [-0.25, -0.2) is 9.78 Å². The van der Waals surface area contributed by atoms with Crippen LogP contribution in [-0.4, -0.2) is 265 Å². The SMILES string of the molecule is CC(C)[C@H](NC(=O)[C@H](C)NC(=O)[C@H](C)NC(=O)[C@H](CCCN=C(N)N)NC(=O)[C@H](CO)NC(=O)[C@H](CCC(=O)O)NC(=O)[C@@H]1CCCN1C(=O)[C@@H](NC(=O)[C@H](CO)NC(=O)[C@H](CCCN=C(N)N)NC(=O)[C@H](Cc1cnc[nH]1)NC(=O)[C@@H]1CCCN1C(=O)CN)[C@@H](C)O)C(=O)O. The Morgan fingerprint density at radius 2 is 0.979 bits per heavy atom. The molecule has 0 spiro atoms. The van der Waals surface area contributed by atoms with Gasteiger partial charge >= 0.3 is 11.9 Å². The highest BCUT2D eigenvalue weighted by molar-refractivity contribution is 6.00. The Morgan fingerprint density at radius 3 is 1.43 bits per heavy atom. The number of carbonyl (C=O) groups excluding carboxylic acids is 12. The fourth-order valence-electron chi connectivity index (χ4n) is 10.1. The molecule has 2 fully saturated rings. The van der Waals surface area contributed by atoms with Gasteiger partial charge in [0.05, 0.1) is 32.2 Å². The zero-order valence-corrected chi connectivity index (χ0v) is 54.0. The van der Waals surface area contributed by atoms with Crippen LogP contribution in [0.1, 0.15) is 105 Å². The Kier molecular flexibility index (Phi) is 33.3. The largest absolute Gasteiger partial charge is 0.481 e. The molecular weight excluding hydrogens is 1270 g/mol. The lowest BCUT2D eigenvalue weighted by Gasteiger charge is -2.32. The molecule has 26 N–H and O–H groups in total. The van der Waals surface area contributed by atoms with Crippen molar-refractivity contribution in [1.29, 1.82) is 0 Å². The van der Waals surface area contributed by atoms with E-state index in [0.717, 1.165) is 11.8 Å². The van der Waals surface area contributed by atoms with Gasteiger partial charge in [0.15, 0.2) is 11.9 Å². The number of nitrogens with two attached hydrogens (primary N) is 5. The number of amides is 12. The summed E-state index contributed by atoms with van der Waals surface area (Å²) in [6, 6.07) is -18.3. The van der Waals surface area contributed by atoms with Crippen LogP contribution in [0.2, 0.25) is 0 Å². The molecule has 2 saturated heterocycles. The number of hydrogen-bond donors (Lipinski definition) is 21. The van der Waals surface area contributed by atoms with Crippen LogP contribution in [0.15, 0.2) is 22.5 Å². The van der Waals surface area contributed by atoms with Gasteiger partial charge in [-0.2, -0.15) is 0 Å². The number of aromatic nitrogens is 2. The topological polar surface area (TPSA) is 650 Å². The molecule has 40 heteroatoms. The zero-order valence-electron chi connectivity index (χ0n) is 54.0. The predicted octanol–water partition coefficient (Wildman–Crippen LogP) is -10.1. The third-order valence-electron chi connectivity index (χ3n) is 15.3. The average Bonchev–Trinajstić information content (AvgIpc) is 1.60. The molecule has 0 unspecified atom stereocenters. The molecule has 0 aromatic carbocycles. The maximum atomic E-state index is 14.3. The van der Waals surface area contributed by atoms with Gasteiger partial charge in [-0.05, 0) is 84.5 Å². The standard InChI is InChI=1S/C56H93N21O19/c1-26(2)41(54(95)96)74-44(85)28(4)66-43(84)27(3)67-45(86)31(10-6-16-63-55(58)59)69-49(90)35(23-78)72-47(88)33(14-15-40(82)83)70-52(93)38-13-9-19-77(38)53(94)42(29(5)80)75-50(91)36(24-79)73-46(87)32(11-7-17-64-56(60)61)68-48(89)34(20-30-22-62-25-65-30)71-51(92)37-12-8-18-76(37)39(81)21-57/h22,25-29,31-38,41-42,78-80H,6-21,23-24,57H2,1-5H3,(H,62,65)(H,66,84)(H,67,86)(H,68,89)(H,69,90)(H,70,93)(H,71,92)(H,72,88)(H,73,87)(H,74,85)(H,75,91)(H,82,83)(H,95,96)(H4,58,59,63)(H4,60,61,64)/t27-,28-,29+,31-,32-,33-,34-,35-,36-,37-,38-,41-,42-/m0/s1. The van der Waals surface area contributed by atoms with Crippen LogP contribution in [0.4, 0.5) is 0 Å². The summed E-state index contributed by atoms with van der Waals surface area (Å²) in [4.78, 5) is 204. The third kappa shape index (κ3) is 25.8. The Bertz CT molecular complexity index is 2940. The summed E-state index contributed by atoms with van der Waals surface area (Å²) >= 11 is 0. The highest BCUT2D eigenvalue weighted by Gasteiger charge is 2.43. The number of aromatic amines is 1. The number of carboxylic acids is 2. The first-order chi connectivity index (χ1) is 45.2. The molecule has 13 atom stereocenters. The van der Waals surface area contributed by atoms with E-state index in [1.54, 1.807) is 13.8 Å². The van der Waals surface area contributed by atoms with Gasteiger partial charge in [0, 0.05) is 50.9 Å². The highest BCUT2D eigenvalue weighted by Crippen LogP contribution is 2.21. The van der Waals surface area contributed by atoms with Crippen LogP contribution in [0.3, 0.4) is 0 Å². The van der Waals surface area contributed by atoms with Gasteiger partial charge in [-0.15, -0.1) is 0 Å². The number of aliphatic hydroxyl groups excluding tert-OH is 3. The van der Waals surface area contributed by atoms with Crippen molar-refractivity contribution in [3.63, 3.8) is 0 Å². The van der Waals surface area contributed by atoms with E-state index >= 15 is 0 Å². The summed E-state index contributed by atoms with van der Waals surface area (Å²) in [5.41, 5.74) is 27.7. The van der Waals surface area contributed by atoms with Crippen molar-refractivity contribution in [3.8, 4) is 0 Å². The number of nitrogens with one attached hydrogen (secondary N) is 11. The lowest BCUT2D eigenvalue weighted by molar-refractivity contribution is -0.145. The van der Waals surface area contributed by atoms with Crippen LogP contribution in [0.25, 0.3) is 0 Å². The quantitative estimate of drug-likeness (QED) is 0.0165. The van der Waals surface area contributed by atoms with Crippen LogP contribution in [0, 0.1) is 5.92 Å². The van der Waals surface area contributed by atoms with E-state index in [-0.39, 0.29) is 96.0 Å². The molecule has 2 aliphatic rings. The summed E-state index contributed by atoms with van der Waals surface area (Å²) in [6.07, 6.45) is -0.185. The fraction of sp³-hybridized carbons (Fsp3) is 0.661. The van der Waals surface area contributed by atoms with E-state index in [9.17, 15) is 92.7 Å². The van der Waals surface area contributed by atoms with E-state index in [2.05, 4.69) is 73.1 Å². The summed E-state index contributed by atoms with van der Waals surface area (Å²) < 4.78 is 0. The minimum atomic E-state index is -1.90. The number of carboxylic acid groups (broad SMARTS) is 2. The first-order valence-corrected chi connectivity index (χ1v) is 31.0. The number of H-pyrrole nitrogens is 1. The van der Waals surface area contributed by atoms with Gasteiger partial charge in [-0.3, -0.25) is 72.3 Å². The molecule has 2 aliphatic heterocycles. The average molecular weight is 1360 g/mol. The molecular formula is C56H93N21O19. The van der Waals surface area contributed by atoms with Crippen LogP contribution < -0.4 is 81.8 Å². The van der Waals surface area contributed by atoms with E-state index in [1.165, 1.54) is 31.3 Å². The normalized spacial score (nSPS) is 17.7. The Morgan fingerprint density at radius 1 is 0.562 bits per heavy atom. The molecule has 3 heterocycles. The number of rotatable bonds is 40. The third-order valence-corrected chi connectivity index (χ3v) is 15.3. The summed E-state index contributed by atoms with van der Waals surface area (Å²) in [7, 11) is 0. The first kappa shape index (κ1) is 80.4. The van der Waals surface area contributed by atoms with Gasteiger partial charge in [-0.1, -0.05) is 13.8 Å². The molecule has 0 aliphatic carbocycles. The van der Waals surface area contributed by atoms with Crippen molar-refractivity contribution in [3.05, 3.63) is 18.2 Å². The molecule has 3 rings (SSSR count). The predicted molar refractivity (Wildman–Crippen MR) is 336 cm³/mol. The second-order valence-corrected chi connectivity index (χ2v) is 23.2. The first-order valence-electron chi connectivity index (χ1n) is 31.0. The number of aliphatic hydroxyl groups is 3. The molecule has 0 radical (unpaired) electrons. The van der Waals surface area contributed by atoms with E-state index in [1.807, 2.05) is 0 Å². The number of likely N-dealkylation sites (tertiary alicyclic amines) is 2. The van der Waals surface area contributed by atoms with Crippen molar-refractivity contribution in [2.24, 2.45) is 44.6 Å². The van der Waals surface area contributed by atoms with Crippen LogP contribution in [0.5, 0.6) is 0 Å². The van der Waals surface area contributed by atoms with Gasteiger partial charge in [0.1, 0.15) is 72.5 Å². The number of hydrogen-bond acceptors (Lipinski definition) is 21. The molecule has 0 saturated carbocycles. The maximum Gasteiger partial charge on any atom is 0.326 e. The Hall–Kier alpha value is -9.83. The van der Waals surface area contributed by atoms with Crippen molar-refractivity contribution < 1.29 is 92.7 Å². The summed E-state index contributed by atoms with van der Waals surface area (Å²) in [5.74, 6) is -15.6. The highest BCUT2D eigenvalue weighted by atomic mass is 16.4. The zero-order chi connectivity index (χ0) is 72.1. The Balaban J connectivity index is 1.80. The monoisotopic (exact) mass is 1360 g/mol. The Labute approximate surface area is 551 Å². The molecule has 40 nitrogen and oxygen atoms in total. The molecule has 1 aromatic rings. The molecule has 0 bridgehead atoms.